The van der Waals surface area contributed by atoms with Crippen molar-refractivity contribution >= 4 is 0 Å². The van der Waals surface area contributed by atoms with Gasteiger partial charge in [-0.15, -0.1) is 6.58 Å². The van der Waals surface area contributed by atoms with Crippen LogP contribution in [0, 0.1) is 0 Å². The standard InChI is InChI=1S/C3H7NO2/c1-2-3-4(5)6/h2,5-6H,1,3H2. The predicted molar refractivity (Wildman–Crippen MR) is 20.5 cm³/mol. The third-order valence-electron chi connectivity index (χ3n) is 0.292. The Morgan fingerprint density at radius 2 is 2.17 bits per heavy atom. The fraction of sp³-hybridized carbons (Fsp3) is 0.333. The van der Waals surface area contributed by atoms with Crippen LogP contribution in [0.5, 0.6) is 0 Å². The molecule has 0 aliphatic carbocycles. The molecule has 0 atom stereocenters. The highest BCUT2D eigenvalue weighted by Gasteiger charge is 1.80. The van der Waals surface area contributed by atoms with E-state index >= 15 is 0 Å². The first-order valence-electron chi connectivity index (χ1n) is 1.53. The van der Waals surface area contributed by atoms with Crippen LogP contribution in [0.15, 0.2) is 12.7 Å². The number of hydrogen-bond acceptors (Lipinski definition) is 3. The van der Waals surface area contributed by atoms with Gasteiger partial charge in [0, 0.05) is 0 Å². The van der Waals surface area contributed by atoms with Crippen molar-refractivity contribution in [2.24, 2.45) is 0 Å². The molecule has 0 aliphatic heterocycles. The first-order valence-corrected chi connectivity index (χ1v) is 1.53. The van der Waals surface area contributed by atoms with Crippen LogP contribution in [-0.4, -0.2) is 22.2 Å². The largest absolute Gasteiger partial charge is 0.289 e. The molecular weight excluding hydrogens is 82.0 g/mol. The molecule has 0 radical (unpaired) electrons. The molecule has 0 saturated heterocycles. The van der Waals surface area contributed by atoms with Crippen LogP contribution in [0.25, 0.3) is 0 Å². The Morgan fingerprint density at radius 3 is 2.17 bits per heavy atom. The molecule has 0 aliphatic rings. The molecule has 0 amide bonds. The van der Waals surface area contributed by atoms with Crippen LogP contribution >= 0.6 is 0 Å². The molecule has 6 heavy (non-hydrogen) atoms. The first-order chi connectivity index (χ1) is 2.77. The van der Waals surface area contributed by atoms with Crippen LogP contribution in [0.3, 0.4) is 0 Å². The molecule has 0 aromatic carbocycles. The molecule has 0 spiro atoms. The lowest BCUT2D eigenvalue weighted by atomic mass is 10.7. The van der Waals surface area contributed by atoms with Crippen molar-refractivity contribution in [3.63, 3.8) is 0 Å². The SMILES string of the molecule is C=CCN(O)O. The zero-order valence-electron chi connectivity index (χ0n) is 3.33. The van der Waals surface area contributed by atoms with E-state index in [4.69, 9.17) is 10.4 Å². The lowest BCUT2D eigenvalue weighted by molar-refractivity contribution is -0.299. The maximum atomic E-state index is 7.87. The van der Waals surface area contributed by atoms with Crippen LogP contribution < -0.4 is 0 Å². The van der Waals surface area contributed by atoms with Crippen molar-refractivity contribution in [1.29, 1.82) is 0 Å². The zero-order valence-corrected chi connectivity index (χ0v) is 3.33. The van der Waals surface area contributed by atoms with Crippen LogP contribution in [0.2, 0.25) is 0 Å². The summed E-state index contributed by atoms with van der Waals surface area (Å²) in [5, 5.41) is 15.8. The summed E-state index contributed by atoms with van der Waals surface area (Å²) in [5.41, 5.74) is 0. The molecule has 0 unspecified atom stereocenters. The van der Waals surface area contributed by atoms with Gasteiger partial charge >= 0.3 is 0 Å². The first kappa shape index (κ1) is 5.62. The average molecular weight is 89.1 g/mol. The van der Waals surface area contributed by atoms with Gasteiger partial charge in [0.05, 0.1) is 6.54 Å². The highest BCUT2D eigenvalue weighted by molar-refractivity contribution is 4.65. The van der Waals surface area contributed by atoms with Crippen molar-refractivity contribution in [2.45, 2.75) is 0 Å². The van der Waals surface area contributed by atoms with Crippen molar-refractivity contribution < 1.29 is 10.4 Å². The van der Waals surface area contributed by atoms with Gasteiger partial charge < -0.3 is 0 Å². The van der Waals surface area contributed by atoms with E-state index in [9.17, 15) is 0 Å². The monoisotopic (exact) mass is 89.0 g/mol. The lowest BCUT2D eigenvalue weighted by Gasteiger charge is -1.96. The molecule has 36 valence electrons. The summed E-state index contributed by atoms with van der Waals surface area (Å²) >= 11 is 0. The van der Waals surface area contributed by atoms with Crippen LogP contribution in [0.1, 0.15) is 0 Å². The van der Waals surface area contributed by atoms with Crippen molar-refractivity contribution in [3.05, 3.63) is 12.7 Å². The molecule has 0 heterocycles. The van der Waals surface area contributed by atoms with E-state index in [0.29, 0.717) is 0 Å². The van der Waals surface area contributed by atoms with Gasteiger partial charge in [-0.05, 0) is 0 Å². The quantitative estimate of drug-likeness (QED) is 0.376. The topological polar surface area (TPSA) is 43.7 Å². The lowest BCUT2D eigenvalue weighted by Crippen LogP contribution is -2.11. The average Bonchev–Trinajstić information content (AvgIpc) is 1.35. The Labute approximate surface area is 36.0 Å². The molecule has 2 N–H and O–H groups in total. The van der Waals surface area contributed by atoms with E-state index in [1.54, 1.807) is 0 Å². The van der Waals surface area contributed by atoms with E-state index in [1.807, 2.05) is 0 Å². The van der Waals surface area contributed by atoms with Gasteiger partial charge in [0.15, 0.2) is 0 Å². The van der Waals surface area contributed by atoms with Crippen molar-refractivity contribution in [2.75, 3.05) is 6.54 Å². The Hall–Kier alpha value is -0.380. The Balaban J connectivity index is 2.81. The maximum absolute atomic E-state index is 7.87. The molecule has 0 saturated carbocycles. The fourth-order valence-corrected chi connectivity index (χ4v) is 0.115. The minimum atomic E-state index is 0.0625. The summed E-state index contributed by atoms with van der Waals surface area (Å²) in [6.45, 7) is 3.32. The van der Waals surface area contributed by atoms with E-state index in [2.05, 4.69) is 6.58 Å². The minimum absolute atomic E-state index is 0.0625. The van der Waals surface area contributed by atoms with Gasteiger partial charge in [0.25, 0.3) is 0 Å². The van der Waals surface area contributed by atoms with E-state index in [1.165, 1.54) is 6.08 Å². The summed E-state index contributed by atoms with van der Waals surface area (Å²) in [6, 6.07) is 0. The van der Waals surface area contributed by atoms with E-state index in [0.717, 1.165) is 0 Å². The molecule has 0 bridgehead atoms. The normalized spacial score (nSPS) is 9.17. The van der Waals surface area contributed by atoms with Crippen LogP contribution in [0.4, 0.5) is 0 Å². The third-order valence-corrected chi connectivity index (χ3v) is 0.292. The van der Waals surface area contributed by atoms with Crippen molar-refractivity contribution in [1.82, 2.24) is 5.23 Å². The molecule has 0 aromatic heterocycles. The summed E-state index contributed by atoms with van der Waals surface area (Å²) in [7, 11) is 0. The molecule has 0 fully saturated rings. The predicted octanol–water partition coefficient (Wildman–Crippen LogP) is 0.253. The van der Waals surface area contributed by atoms with Gasteiger partial charge in [-0.1, -0.05) is 11.3 Å². The number of hydroxylamine groups is 2. The van der Waals surface area contributed by atoms with Gasteiger partial charge in [0.2, 0.25) is 0 Å². The number of hydrogen-bond donors (Lipinski definition) is 2. The minimum Gasteiger partial charge on any atom is -0.289 e. The molecule has 0 aromatic rings. The summed E-state index contributed by atoms with van der Waals surface area (Å²) in [5.74, 6) is 0. The fourth-order valence-electron chi connectivity index (χ4n) is 0.115. The number of nitrogens with zero attached hydrogens (tertiary/aromatic N) is 1. The summed E-state index contributed by atoms with van der Waals surface area (Å²) in [6.07, 6.45) is 1.38. The van der Waals surface area contributed by atoms with E-state index < -0.39 is 0 Å². The Morgan fingerprint density at radius 1 is 1.67 bits per heavy atom. The second kappa shape index (κ2) is 2.84. The third kappa shape index (κ3) is 3.62. The maximum Gasteiger partial charge on any atom is 0.0691 e. The number of rotatable bonds is 2. The van der Waals surface area contributed by atoms with Crippen molar-refractivity contribution in [3.8, 4) is 0 Å². The van der Waals surface area contributed by atoms with Crippen LogP contribution in [-0.2, 0) is 0 Å². The summed E-state index contributed by atoms with van der Waals surface area (Å²) in [4.78, 5) is 0. The van der Waals surface area contributed by atoms with Gasteiger partial charge in [-0.2, -0.15) is 0 Å². The molecule has 3 nitrogen and oxygen atoms in total. The van der Waals surface area contributed by atoms with Gasteiger partial charge in [0.1, 0.15) is 0 Å². The van der Waals surface area contributed by atoms with E-state index in [-0.39, 0.29) is 11.8 Å². The zero-order chi connectivity index (χ0) is 4.99. The molecule has 0 rings (SSSR count). The summed E-state index contributed by atoms with van der Waals surface area (Å²) < 4.78 is 0. The van der Waals surface area contributed by atoms with Gasteiger partial charge in [-0.25, -0.2) is 0 Å². The molecular formula is C3H7NO2. The Bertz CT molecular complexity index is 44.1. The highest BCUT2D eigenvalue weighted by atomic mass is 16.8. The smallest absolute Gasteiger partial charge is 0.0691 e. The second-order valence-corrected chi connectivity index (χ2v) is 0.844. The van der Waals surface area contributed by atoms with Gasteiger partial charge in [-0.3, -0.25) is 10.4 Å². The second-order valence-electron chi connectivity index (χ2n) is 0.844. The highest BCUT2D eigenvalue weighted by Crippen LogP contribution is 1.67. The Kier molecular flexibility index (Phi) is 2.66. The molecule has 3 heteroatoms.